The zero-order chi connectivity index (χ0) is 19.8. The van der Waals surface area contributed by atoms with Crippen LogP contribution in [-0.4, -0.2) is 30.6 Å². The first-order valence-corrected chi connectivity index (χ1v) is 9.27. The SMILES string of the molecule is CSc1ncc2cc(Oc3ccc(F)cc3F)c(=O)n(-c3cnn(C)c3)c2n1. The molecule has 142 valence electrons. The van der Waals surface area contributed by atoms with E-state index in [-0.39, 0.29) is 11.5 Å². The Morgan fingerprint density at radius 3 is 2.64 bits per heavy atom. The van der Waals surface area contributed by atoms with Crippen LogP contribution in [0.5, 0.6) is 11.5 Å². The summed E-state index contributed by atoms with van der Waals surface area (Å²) >= 11 is 1.33. The lowest BCUT2D eigenvalue weighted by molar-refractivity contribution is 0.431. The molecular formula is C18H13F2N5O2S. The second-order valence-electron chi connectivity index (χ2n) is 5.83. The Morgan fingerprint density at radius 2 is 1.96 bits per heavy atom. The van der Waals surface area contributed by atoms with E-state index < -0.39 is 17.2 Å². The number of rotatable bonds is 4. The number of thioether (sulfide) groups is 1. The van der Waals surface area contributed by atoms with Crippen molar-refractivity contribution in [3.05, 3.63) is 64.8 Å². The number of halogens is 2. The molecule has 28 heavy (non-hydrogen) atoms. The number of nitrogens with zero attached hydrogens (tertiary/aromatic N) is 5. The molecule has 0 saturated carbocycles. The Bertz CT molecular complexity index is 1250. The topological polar surface area (TPSA) is 74.8 Å². The molecule has 3 aromatic heterocycles. The molecule has 3 heterocycles. The van der Waals surface area contributed by atoms with Gasteiger partial charge in [0.05, 0.1) is 11.9 Å². The summed E-state index contributed by atoms with van der Waals surface area (Å²) in [7, 11) is 1.72. The highest BCUT2D eigenvalue weighted by atomic mass is 32.2. The maximum atomic E-state index is 14.0. The minimum atomic E-state index is -0.915. The van der Waals surface area contributed by atoms with Crippen LogP contribution in [-0.2, 0) is 7.05 Å². The maximum absolute atomic E-state index is 14.0. The fraction of sp³-hybridized carbons (Fsp3) is 0.111. The van der Waals surface area contributed by atoms with Gasteiger partial charge in [0.15, 0.2) is 28.1 Å². The van der Waals surface area contributed by atoms with Gasteiger partial charge in [-0.05, 0) is 24.5 Å². The van der Waals surface area contributed by atoms with Crippen molar-refractivity contribution in [3.8, 4) is 17.2 Å². The van der Waals surface area contributed by atoms with Crippen LogP contribution in [0.2, 0.25) is 0 Å². The smallest absolute Gasteiger partial charge is 0.299 e. The highest BCUT2D eigenvalue weighted by Gasteiger charge is 2.17. The van der Waals surface area contributed by atoms with Crippen LogP contribution in [0, 0.1) is 11.6 Å². The van der Waals surface area contributed by atoms with Crippen LogP contribution >= 0.6 is 11.8 Å². The van der Waals surface area contributed by atoms with Gasteiger partial charge in [-0.2, -0.15) is 5.10 Å². The summed E-state index contributed by atoms with van der Waals surface area (Å²) in [5, 5.41) is 5.09. The molecule has 0 N–H and O–H groups in total. The largest absolute Gasteiger partial charge is 0.448 e. The van der Waals surface area contributed by atoms with Gasteiger partial charge in [0.1, 0.15) is 5.82 Å². The zero-order valence-electron chi connectivity index (χ0n) is 14.8. The summed E-state index contributed by atoms with van der Waals surface area (Å²) in [6.07, 6.45) is 6.52. The molecule has 0 saturated heterocycles. The molecule has 0 amide bonds. The number of hydrogen-bond donors (Lipinski definition) is 0. The molecule has 4 rings (SSSR count). The Morgan fingerprint density at radius 1 is 1.14 bits per heavy atom. The minimum Gasteiger partial charge on any atom is -0.448 e. The molecule has 10 heteroatoms. The van der Waals surface area contributed by atoms with E-state index in [4.69, 9.17) is 4.74 Å². The molecule has 0 aliphatic carbocycles. The van der Waals surface area contributed by atoms with Crippen LogP contribution in [0.4, 0.5) is 8.78 Å². The van der Waals surface area contributed by atoms with E-state index in [2.05, 4.69) is 15.1 Å². The van der Waals surface area contributed by atoms with Crippen molar-refractivity contribution in [2.24, 2.45) is 7.05 Å². The third kappa shape index (κ3) is 3.22. The molecule has 0 radical (unpaired) electrons. The zero-order valence-corrected chi connectivity index (χ0v) is 15.6. The summed E-state index contributed by atoms with van der Waals surface area (Å²) in [4.78, 5) is 21.7. The standard InChI is InChI=1S/C18H13F2N5O2S/c1-24-9-12(8-22-24)25-16-10(7-21-18(23-16)28-2)5-15(17(25)26)27-14-4-3-11(19)6-13(14)20/h3-9H,1-2H3. The molecule has 0 fully saturated rings. The fourth-order valence-corrected chi connectivity index (χ4v) is 3.00. The average Bonchev–Trinajstić information content (AvgIpc) is 3.10. The second kappa shape index (κ2) is 7.04. The average molecular weight is 401 g/mol. The molecule has 0 unspecified atom stereocenters. The second-order valence-corrected chi connectivity index (χ2v) is 6.61. The van der Waals surface area contributed by atoms with Gasteiger partial charge >= 0.3 is 0 Å². The van der Waals surface area contributed by atoms with Crippen molar-refractivity contribution in [2.45, 2.75) is 5.16 Å². The van der Waals surface area contributed by atoms with Crippen molar-refractivity contribution in [1.82, 2.24) is 24.3 Å². The van der Waals surface area contributed by atoms with Crippen molar-refractivity contribution in [1.29, 1.82) is 0 Å². The third-order valence-electron chi connectivity index (χ3n) is 3.93. The van der Waals surface area contributed by atoms with E-state index in [0.29, 0.717) is 27.9 Å². The first kappa shape index (κ1) is 18.1. The molecule has 0 spiro atoms. The van der Waals surface area contributed by atoms with Gasteiger partial charge in [-0.25, -0.2) is 18.7 Å². The lowest BCUT2D eigenvalue weighted by Gasteiger charge is -2.12. The van der Waals surface area contributed by atoms with Crippen molar-refractivity contribution >= 4 is 22.8 Å². The summed E-state index contributed by atoms with van der Waals surface area (Å²) in [6, 6.07) is 4.28. The predicted octanol–water partition coefficient (Wildman–Crippen LogP) is 3.31. The number of aryl methyl sites for hydroxylation is 1. The fourth-order valence-electron chi connectivity index (χ4n) is 2.67. The first-order valence-electron chi connectivity index (χ1n) is 8.05. The first-order chi connectivity index (χ1) is 13.5. The number of pyridine rings is 1. The monoisotopic (exact) mass is 401 g/mol. The van der Waals surface area contributed by atoms with E-state index in [9.17, 15) is 13.6 Å². The van der Waals surface area contributed by atoms with E-state index in [1.165, 1.54) is 33.3 Å². The summed E-state index contributed by atoms with van der Waals surface area (Å²) in [5.41, 5.74) is 0.271. The predicted molar refractivity (Wildman–Crippen MR) is 100 cm³/mol. The van der Waals surface area contributed by atoms with Gasteiger partial charge in [0.2, 0.25) is 0 Å². The number of ether oxygens (including phenoxy) is 1. The Hall–Kier alpha value is -3.27. The Balaban J connectivity index is 1.95. The quantitative estimate of drug-likeness (QED) is 0.386. The summed E-state index contributed by atoms with van der Waals surface area (Å²) < 4.78 is 35.5. The lowest BCUT2D eigenvalue weighted by Crippen LogP contribution is -2.21. The highest BCUT2D eigenvalue weighted by Crippen LogP contribution is 2.26. The normalized spacial score (nSPS) is 11.1. The molecular weight excluding hydrogens is 388 g/mol. The molecule has 0 aliphatic heterocycles. The third-order valence-corrected chi connectivity index (χ3v) is 4.49. The molecule has 7 nitrogen and oxygen atoms in total. The molecule has 0 aliphatic rings. The number of fused-ring (bicyclic) bond motifs is 1. The van der Waals surface area contributed by atoms with Crippen LogP contribution in [0.15, 0.2) is 52.8 Å². The molecule has 1 aromatic carbocycles. The van der Waals surface area contributed by atoms with Gasteiger partial charge < -0.3 is 4.74 Å². The highest BCUT2D eigenvalue weighted by molar-refractivity contribution is 7.98. The van der Waals surface area contributed by atoms with Gasteiger partial charge in [-0.3, -0.25) is 14.0 Å². The number of hydrogen-bond acceptors (Lipinski definition) is 6. The van der Waals surface area contributed by atoms with E-state index in [1.807, 2.05) is 6.26 Å². The summed E-state index contributed by atoms with van der Waals surface area (Å²) in [5.74, 6) is -2.07. The van der Waals surface area contributed by atoms with E-state index in [1.54, 1.807) is 19.4 Å². The molecule has 0 bridgehead atoms. The van der Waals surface area contributed by atoms with Crippen LogP contribution in [0.3, 0.4) is 0 Å². The van der Waals surface area contributed by atoms with Crippen molar-refractivity contribution < 1.29 is 13.5 Å². The van der Waals surface area contributed by atoms with Crippen molar-refractivity contribution in [2.75, 3.05) is 6.26 Å². The Labute approximate surface area is 161 Å². The summed E-state index contributed by atoms with van der Waals surface area (Å²) in [6.45, 7) is 0. The van der Waals surface area contributed by atoms with E-state index in [0.717, 1.165) is 12.1 Å². The van der Waals surface area contributed by atoms with Gasteiger partial charge in [-0.1, -0.05) is 11.8 Å². The number of benzene rings is 1. The molecule has 4 aromatic rings. The van der Waals surface area contributed by atoms with Crippen molar-refractivity contribution in [3.63, 3.8) is 0 Å². The Kier molecular flexibility index (Phi) is 4.55. The van der Waals surface area contributed by atoms with Gasteiger partial charge in [-0.15, -0.1) is 0 Å². The van der Waals surface area contributed by atoms with E-state index >= 15 is 0 Å². The minimum absolute atomic E-state index is 0.151. The van der Waals surface area contributed by atoms with Crippen LogP contribution < -0.4 is 10.3 Å². The molecule has 0 atom stereocenters. The van der Waals surface area contributed by atoms with Crippen LogP contribution in [0.1, 0.15) is 0 Å². The number of aromatic nitrogens is 5. The maximum Gasteiger partial charge on any atom is 0.299 e. The van der Waals surface area contributed by atoms with Crippen LogP contribution in [0.25, 0.3) is 16.7 Å². The lowest BCUT2D eigenvalue weighted by atomic mass is 10.3. The van der Waals surface area contributed by atoms with Gasteiger partial charge in [0.25, 0.3) is 5.56 Å². The van der Waals surface area contributed by atoms with Gasteiger partial charge in [0, 0.05) is 30.9 Å².